The molecule has 0 heterocycles. The van der Waals surface area contributed by atoms with E-state index < -0.39 is 6.10 Å². The summed E-state index contributed by atoms with van der Waals surface area (Å²) in [6.07, 6.45) is 73.7. The van der Waals surface area contributed by atoms with Crippen molar-refractivity contribution in [3.05, 3.63) is 158 Å². The second kappa shape index (κ2) is 50.7. The Labute approximate surface area is 390 Å². The molecule has 0 saturated carbocycles. The summed E-state index contributed by atoms with van der Waals surface area (Å²) in [4.78, 5) is 37.9. The molecule has 0 aliphatic carbocycles. The quantitative estimate of drug-likeness (QED) is 0.0200. The second-order valence-electron chi connectivity index (χ2n) is 15.6. The highest BCUT2D eigenvalue weighted by molar-refractivity contribution is 5.71. The summed E-state index contributed by atoms with van der Waals surface area (Å²) in [5, 5.41) is 0. The van der Waals surface area contributed by atoms with Crippen molar-refractivity contribution >= 4 is 17.9 Å². The van der Waals surface area contributed by atoms with E-state index in [2.05, 4.69) is 51.2 Å². The lowest BCUT2D eigenvalue weighted by atomic mass is 10.1. The maximum atomic E-state index is 12.8. The van der Waals surface area contributed by atoms with Crippen LogP contribution in [0.1, 0.15) is 168 Å². The van der Waals surface area contributed by atoms with Crippen LogP contribution < -0.4 is 0 Å². The van der Waals surface area contributed by atoms with Crippen LogP contribution in [-0.4, -0.2) is 37.2 Å². The molecule has 0 aromatic rings. The topological polar surface area (TPSA) is 78.9 Å². The van der Waals surface area contributed by atoms with E-state index in [1.54, 1.807) is 0 Å². The van der Waals surface area contributed by atoms with Crippen LogP contribution in [-0.2, 0) is 28.6 Å². The second-order valence-corrected chi connectivity index (χ2v) is 15.6. The predicted molar refractivity (Wildman–Crippen MR) is 274 cm³/mol. The summed E-state index contributed by atoms with van der Waals surface area (Å²) in [5.41, 5.74) is 0. The van der Waals surface area contributed by atoms with Crippen molar-refractivity contribution in [2.75, 3.05) is 13.2 Å². The maximum Gasteiger partial charge on any atom is 0.306 e. The highest BCUT2D eigenvalue weighted by atomic mass is 16.6. The maximum absolute atomic E-state index is 12.8. The van der Waals surface area contributed by atoms with Crippen LogP contribution in [0.25, 0.3) is 0 Å². The minimum atomic E-state index is -0.841. The van der Waals surface area contributed by atoms with Gasteiger partial charge in [-0.05, 0) is 77.0 Å². The minimum absolute atomic E-state index is 0.138. The summed E-state index contributed by atoms with van der Waals surface area (Å²) < 4.78 is 16.6. The third-order valence-electron chi connectivity index (χ3n) is 9.57. The first kappa shape index (κ1) is 59.0. The number of carbonyl (C=O) groups excluding carboxylic acids is 3. The molecule has 0 rings (SSSR count). The molecule has 0 spiro atoms. The molecule has 0 N–H and O–H groups in total. The van der Waals surface area contributed by atoms with Gasteiger partial charge in [0.25, 0.3) is 0 Å². The molecular weight excluding hydrogens is 793 g/mol. The van der Waals surface area contributed by atoms with Gasteiger partial charge in [-0.1, -0.05) is 230 Å². The van der Waals surface area contributed by atoms with Crippen molar-refractivity contribution < 1.29 is 28.6 Å². The molecule has 1 atom stereocenters. The Balaban J connectivity index is 4.64. The first-order valence-electron chi connectivity index (χ1n) is 24.7. The van der Waals surface area contributed by atoms with Gasteiger partial charge in [-0.3, -0.25) is 14.4 Å². The molecule has 0 aliphatic heterocycles. The molecule has 6 heteroatoms. The summed E-state index contributed by atoms with van der Waals surface area (Å²) >= 11 is 0. The number of unbranched alkanes of at least 4 members (excludes halogenated alkanes) is 14. The lowest BCUT2D eigenvalue weighted by Crippen LogP contribution is -2.30. The fourth-order valence-electron chi connectivity index (χ4n) is 5.92. The SMILES string of the molecule is CC/C=C/C=C/C=C/C=C/C=C/C=C/C=C/CCCCCC(=O)OCC(COC(=O)CCC/C=C/C=C/C=C/C=C/C=C/CC)OC(=O)CCCCC/C=C/CCCCCCCCC. The Hall–Kier alpha value is -4.97. The van der Waals surface area contributed by atoms with E-state index in [1.165, 1.54) is 44.9 Å². The predicted octanol–water partition coefficient (Wildman–Crippen LogP) is 16.2. The summed E-state index contributed by atoms with van der Waals surface area (Å²) in [6.45, 7) is 6.19. The molecule has 0 saturated heterocycles. The van der Waals surface area contributed by atoms with Gasteiger partial charge < -0.3 is 14.2 Å². The molecule has 6 nitrogen and oxygen atoms in total. The highest BCUT2D eigenvalue weighted by Crippen LogP contribution is 2.12. The van der Waals surface area contributed by atoms with E-state index in [-0.39, 0.29) is 50.4 Å². The van der Waals surface area contributed by atoms with Crippen LogP contribution in [0.4, 0.5) is 0 Å². The fourth-order valence-corrected chi connectivity index (χ4v) is 5.92. The normalized spacial score (nSPS) is 13.5. The van der Waals surface area contributed by atoms with Gasteiger partial charge >= 0.3 is 17.9 Å². The standard InChI is InChI=1S/C58H86O6/c1-4-7-10-13-16-19-22-25-27-28-29-30-31-34-36-39-42-45-48-51-57(60)63-54-55(53-62-56(59)50-47-44-41-38-35-32-24-21-18-15-12-9-6-3)64-58(61)52-49-46-43-40-37-33-26-23-20-17-14-11-8-5-2/h7,9-10,12-13,15-16,18-19,21-22,24-25,27-38,41,55H,4-6,8,11,14,17,20,23,26,39-40,42-54H2,1-3H3/b10-7+,12-9+,16-13+,18-15+,22-19+,24-21+,27-25+,29-28+,31-30+,35-32+,36-34+,37-33+,41-38+. The van der Waals surface area contributed by atoms with Crippen molar-refractivity contribution in [1.82, 2.24) is 0 Å². The lowest BCUT2D eigenvalue weighted by molar-refractivity contribution is -0.167. The number of ether oxygens (including phenoxy) is 3. The third-order valence-corrected chi connectivity index (χ3v) is 9.57. The summed E-state index contributed by atoms with van der Waals surface area (Å²) in [5.74, 6) is -1.09. The zero-order chi connectivity index (χ0) is 46.5. The van der Waals surface area contributed by atoms with E-state index >= 15 is 0 Å². The van der Waals surface area contributed by atoms with E-state index in [4.69, 9.17) is 14.2 Å². The van der Waals surface area contributed by atoms with Crippen LogP contribution in [0, 0.1) is 0 Å². The number of hydrogen-bond acceptors (Lipinski definition) is 6. The van der Waals surface area contributed by atoms with Crippen molar-refractivity contribution in [3.63, 3.8) is 0 Å². The van der Waals surface area contributed by atoms with Crippen LogP contribution in [0.3, 0.4) is 0 Å². The Morgan fingerprint density at radius 3 is 1.06 bits per heavy atom. The van der Waals surface area contributed by atoms with Crippen molar-refractivity contribution in [2.45, 2.75) is 175 Å². The number of rotatable bonds is 41. The Morgan fingerprint density at radius 1 is 0.328 bits per heavy atom. The Morgan fingerprint density at radius 2 is 0.641 bits per heavy atom. The molecular formula is C58H86O6. The van der Waals surface area contributed by atoms with E-state index in [0.717, 1.165) is 70.6 Å². The van der Waals surface area contributed by atoms with Gasteiger partial charge in [0.05, 0.1) is 0 Å². The Bertz CT molecular complexity index is 1520. The van der Waals surface area contributed by atoms with Crippen molar-refractivity contribution in [1.29, 1.82) is 0 Å². The number of esters is 3. The van der Waals surface area contributed by atoms with Gasteiger partial charge in [-0.25, -0.2) is 0 Å². The third kappa shape index (κ3) is 48.1. The fraction of sp³-hybridized carbons (Fsp3) is 0.500. The van der Waals surface area contributed by atoms with Gasteiger partial charge in [-0.2, -0.15) is 0 Å². The van der Waals surface area contributed by atoms with Gasteiger partial charge in [0.2, 0.25) is 0 Å². The number of hydrogen-bond donors (Lipinski definition) is 0. The average molecular weight is 879 g/mol. The smallest absolute Gasteiger partial charge is 0.306 e. The van der Waals surface area contributed by atoms with Crippen molar-refractivity contribution in [2.24, 2.45) is 0 Å². The lowest BCUT2D eigenvalue weighted by Gasteiger charge is -2.18. The Kier molecular flexibility index (Phi) is 46.7. The first-order valence-corrected chi connectivity index (χ1v) is 24.7. The summed E-state index contributed by atoms with van der Waals surface area (Å²) in [7, 11) is 0. The number of allylic oxidation sites excluding steroid dienone is 26. The zero-order valence-corrected chi connectivity index (χ0v) is 40.2. The van der Waals surface area contributed by atoms with Crippen molar-refractivity contribution in [3.8, 4) is 0 Å². The average Bonchev–Trinajstić information content (AvgIpc) is 3.29. The molecule has 0 amide bonds. The van der Waals surface area contributed by atoms with Crippen LogP contribution >= 0.6 is 0 Å². The van der Waals surface area contributed by atoms with E-state index in [1.807, 2.05) is 128 Å². The first-order chi connectivity index (χ1) is 31.5. The number of carbonyl (C=O) groups is 3. The largest absolute Gasteiger partial charge is 0.462 e. The van der Waals surface area contributed by atoms with Crippen LogP contribution in [0.5, 0.6) is 0 Å². The molecule has 0 aromatic carbocycles. The van der Waals surface area contributed by atoms with E-state index in [9.17, 15) is 14.4 Å². The molecule has 0 radical (unpaired) electrons. The molecule has 0 aromatic heterocycles. The zero-order valence-electron chi connectivity index (χ0n) is 40.2. The van der Waals surface area contributed by atoms with Crippen LogP contribution in [0.2, 0.25) is 0 Å². The molecule has 64 heavy (non-hydrogen) atoms. The minimum Gasteiger partial charge on any atom is -0.462 e. The molecule has 0 fully saturated rings. The molecule has 0 bridgehead atoms. The molecule has 0 aliphatic rings. The van der Waals surface area contributed by atoms with E-state index in [0.29, 0.717) is 12.8 Å². The van der Waals surface area contributed by atoms with Gasteiger partial charge in [0.1, 0.15) is 13.2 Å². The van der Waals surface area contributed by atoms with Crippen LogP contribution in [0.15, 0.2) is 158 Å². The summed E-state index contributed by atoms with van der Waals surface area (Å²) in [6, 6.07) is 0. The van der Waals surface area contributed by atoms with Gasteiger partial charge in [0.15, 0.2) is 6.10 Å². The molecule has 1 unspecified atom stereocenters. The highest BCUT2D eigenvalue weighted by Gasteiger charge is 2.19. The molecule has 354 valence electrons. The van der Waals surface area contributed by atoms with Gasteiger partial charge in [0, 0.05) is 19.3 Å². The monoisotopic (exact) mass is 879 g/mol. The van der Waals surface area contributed by atoms with Gasteiger partial charge in [-0.15, -0.1) is 0 Å².